The van der Waals surface area contributed by atoms with Crippen LogP contribution in [-0.4, -0.2) is 27.2 Å². The van der Waals surface area contributed by atoms with Gasteiger partial charge in [-0.25, -0.2) is 0 Å². The van der Waals surface area contributed by atoms with E-state index in [2.05, 4.69) is 17.4 Å². The lowest BCUT2D eigenvalue weighted by Crippen LogP contribution is -2.09. The molecule has 0 aromatic heterocycles. The number of rotatable bonds is 9. The van der Waals surface area contributed by atoms with Gasteiger partial charge in [0.15, 0.2) is 11.5 Å². The molecule has 0 heterocycles. The summed E-state index contributed by atoms with van der Waals surface area (Å²) in [6.45, 7) is 0. The second kappa shape index (κ2) is 10.9. The monoisotopic (exact) mass is 432 g/mol. The van der Waals surface area contributed by atoms with Crippen molar-refractivity contribution in [3.63, 3.8) is 0 Å². The fourth-order valence-corrected chi connectivity index (χ4v) is 3.32. The molecule has 0 aliphatic rings. The van der Waals surface area contributed by atoms with E-state index in [0.717, 1.165) is 24.0 Å². The first-order chi connectivity index (χ1) is 15.5. The first-order valence-electron chi connectivity index (χ1n) is 10.3. The summed E-state index contributed by atoms with van der Waals surface area (Å²) < 4.78 is 16.2. The third kappa shape index (κ3) is 5.82. The molecule has 0 radical (unpaired) electrons. The van der Waals surface area contributed by atoms with Crippen LogP contribution >= 0.6 is 0 Å². The Hall–Kier alpha value is -3.93. The number of carbonyl (C=O) groups is 1. The number of anilines is 2. The van der Waals surface area contributed by atoms with Crippen molar-refractivity contribution in [3.05, 3.63) is 83.4 Å². The smallest absolute Gasteiger partial charge is 0.248 e. The highest BCUT2D eigenvalue weighted by atomic mass is 16.5. The number of methoxy groups -OCH3 is 3. The first kappa shape index (κ1) is 22.7. The molecule has 32 heavy (non-hydrogen) atoms. The molecule has 3 N–H and O–H groups in total. The molecule has 0 unspecified atom stereocenters. The van der Waals surface area contributed by atoms with Crippen LogP contribution in [0.3, 0.4) is 0 Å². The normalized spacial score (nSPS) is 10.7. The zero-order valence-electron chi connectivity index (χ0n) is 18.6. The fraction of sp³-hybridized carbons (Fsp3) is 0.192. The number of nitrogens with one attached hydrogen (secondary N) is 1. The summed E-state index contributed by atoms with van der Waals surface area (Å²) >= 11 is 0. The maximum absolute atomic E-state index is 12.1. The van der Waals surface area contributed by atoms with E-state index < -0.39 is 0 Å². The van der Waals surface area contributed by atoms with Crippen LogP contribution in [0.4, 0.5) is 11.4 Å². The van der Waals surface area contributed by atoms with E-state index in [9.17, 15) is 4.79 Å². The van der Waals surface area contributed by atoms with Crippen molar-refractivity contribution < 1.29 is 19.0 Å². The maximum atomic E-state index is 12.1. The number of hydrogen-bond donors (Lipinski definition) is 2. The average Bonchev–Trinajstić information content (AvgIpc) is 2.82. The minimum absolute atomic E-state index is 0.227. The molecule has 1 amide bonds. The number of para-hydroxylation sites is 2. The number of nitrogen functional groups attached to an aromatic ring is 1. The topological polar surface area (TPSA) is 82.8 Å². The summed E-state index contributed by atoms with van der Waals surface area (Å²) in [5, 5.41) is 2.78. The van der Waals surface area contributed by atoms with E-state index in [0.29, 0.717) is 28.6 Å². The Kier molecular flexibility index (Phi) is 7.75. The molecule has 0 spiro atoms. The predicted octanol–water partition coefficient (Wildman–Crippen LogP) is 4.73. The largest absolute Gasteiger partial charge is 0.493 e. The third-order valence-corrected chi connectivity index (χ3v) is 5.05. The van der Waals surface area contributed by atoms with Gasteiger partial charge in [0.1, 0.15) is 0 Å². The number of nitrogens with two attached hydrogens (primary N) is 1. The average molecular weight is 433 g/mol. The van der Waals surface area contributed by atoms with E-state index in [1.165, 1.54) is 11.6 Å². The van der Waals surface area contributed by atoms with Gasteiger partial charge in [0.2, 0.25) is 11.7 Å². The van der Waals surface area contributed by atoms with Gasteiger partial charge >= 0.3 is 0 Å². The van der Waals surface area contributed by atoms with E-state index in [1.807, 2.05) is 36.4 Å². The van der Waals surface area contributed by atoms with E-state index in [4.69, 9.17) is 19.9 Å². The molecular weight excluding hydrogens is 404 g/mol. The van der Waals surface area contributed by atoms with Crippen molar-refractivity contribution in [1.82, 2.24) is 0 Å². The molecule has 0 fully saturated rings. The Balaban J connectivity index is 1.60. The molecular formula is C26H28N2O4. The highest BCUT2D eigenvalue weighted by Gasteiger charge is 2.13. The van der Waals surface area contributed by atoms with Gasteiger partial charge in [-0.1, -0.05) is 36.4 Å². The summed E-state index contributed by atoms with van der Waals surface area (Å²) in [6, 6.07) is 19.2. The summed E-state index contributed by atoms with van der Waals surface area (Å²) in [7, 11) is 4.82. The molecule has 3 aromatic carbocycles. The fourth-order valence-electron chi connectivity index (χ4n) is 3.32. The van der Waals surface area contributed by atoms with Crippen LogP contribution in [0, 0.1) is 0 Å². The Morgan fingerprint density at radius 1 is 0.875 bits per heavy atom. The third-order valence-electron chi connectivity index (χ3n) is 5.05. The van der Waals surface area contributed by atoms with Crippen molar-refractivity contribution in [1.29, 1.82) is 0 Å². The Morgan fingerprint density at radius 3 is 2.09 bits per heavy atom. The maximum Gasteiger partial charge on any atom is 0.248 e. The summed E-state index contributed by atoms with van der Waals surface area (Å²) in [5.41, 5.74) is 10.2. The van der Waals surface area contributed by atoms with Gasteiger partial charge < -0.3 is 25.3 Å². The van der Waals surface area contributed by atoms with Gasteiger partial charge in [-0.2, -0.15) is 0 Å². The second-order valence-electron chi connectivity index (χ2n) is 7.19. The minimum atomic E-state index is -0.227. The summed E-state index contributed by atoms with van der Waals surface area (Å²) in [4.78, 5) is 12.1. The number of hydrogen-bond acceptors (Lipinski definition) is 5. The number of aryl methyl sites for hydroxylation is 2. The SMILES string of the molecule is COc1cc(CCc2ccc(C=CC(=O)Nc3ccccc3N)cc2)cc(OC)c1OC. The summed E-state index contributed by atoms with van der Waals surface area (Å²) in [6.07, 6.45) is 4.96. The van der Waals surface area contributed by atoms with Crippen LogP contribution in [0.1, 0.15) is 16.7 Å². The lowest BCUT2D eigenvalue weighted by Gasteiger charge is -2.14. The lowest BCUT2D eigenvalue weighted by molar-refractivity contribution is -0.111. The number of amides is 1. The standard InChI is InChI=1S/C26H28N2O4/c1-30-23-16-20(17-24(31-2)26(23)32-3)13-12-18-8-10-19(11-9-18)14-15-25(29)28-22-7-5-4-6-21(22)27/h4-11,14-17H,12-13,27H2,1-3H3,(H,28,29). The van der Waals surface area contributed by atoms with Gasteiger partial charge in [0, 0.05) is 6.08 Å². The number of benzene rings is 3. The molecule has 0 saturated heterocycles. The van der Waals surface area contributed by atoms with Crippen LogP contribution in [-0.2, 0) is 17.6 Å². The van der Waals surface area contributed by atoms with Crippen LogP contribution < -0.4 is 25.3 Å². The van der Waals surface area contributed by atoms with E-state index in [1.54, 1.807) is 39.5 Å². The molecule has 6 nitrogen and oxygen atoms in total. The van der Waals surface area contributed by atoms with Gasteiger partial charge in [-0.15, -0.1) is 0 Å². The van der Waals surface area contributed by atoms with Crippen molar-refractivity contribution in [2.45, 2.75) is 12.8 Å². The molecule has 3 aromatic rings. The molecule has 6 heteroatoms. The second-order valence-corrected chi connectivity index (χ2v) is 7.19. The quantitative estimate of drug-likeness (QED) is 0.377. The van der Waals surface area contributed by atoms with E-state index in [-0.39, 0.29) is 5.91 Å². The van der Waals surface area contributed by atoms with Crippen molar-refractivity contribution in [3.8, 4) is 17.2 Å². The van der Waals surface area contributed by atoms with Crippen molar-refractivity contribution >= 4 is 23.4 Å². The molecule has 0 atom stereocenters. The van der Waals surface area contributed by atoms with Crippen molar-refractivity contribution in [2.24, 2.45) is 0 Å². The van der Waals surface area contributed by atoms with Gasteiger partial charge in [-0.3, -0.25) is 4.79 Å². The Labute approximate surface area is 188 Å². The molecule has 0 aliphatic carbocycles. The molecule has 0 bridgehead atoms. The zero-order valence-corrected chi connectivity index (χ0v) is 18.6. The first-order valence-corrected chi connectivity index (χ1v) is 10.3. The number of carbonyl (C=O) groups excluding carboxylic acids is 1. The molecule has 166 valence electrons. The predicted molar refractivity (Wildman–Crippen MR) is 128 cm³/mol. The van der Waals surface area contributed by atoms with Crippen LogP contribution in [0.2, 0.25) is 0 Å². The van der Waals surface area contributed by atoms with Gasteiger partial charge in [-0.05, 0) is 59.9 Å². The van der Waals surface area contributed by atoms with Crippen LogP contribution in [0.25, 0.3) is 6.08 Å². The summed E-state index contributed by atoms with van der Waals surface area (Å²) in [5.74, 6) is 1.67. The molecule has 0 aliphatic heterocycles. The molecule has 3 rings (SSSR count). The lowest BCUT2D eigenvalue weighted by atomic mass is 10.0. The van der Waals surface area contributed by atoms with Gasteiger partial charge in [0.25, 0.3) is 0 Å². The van der Waals surface area contributed by atoms with Crippen molar-refractivity contribution in [2.75, 3.05) is 32.4 Å². The molecule has 0 saturated carbocycles. The highest BCUT2D eigenvalue weighted by Crippen LogP contribution is 2.38. The number of ether oxygens (including phenoxy) is 3. The highest BCUT2D eigenvalue weighted by molar-refractivity contribution is 6.03. The van der Waals surface area contributed by atoms with Gasteiger partial charge in [0.05, 0.1) is 32.7 Å². The minimum Gasteiger partial charge on any atom is -0.493 e. The van der Waals surface area contributed by atoms with E-state index >= 15 is 0 Å². The Morgan fingerprint density at radius 2 is 1.50 bits per heavy atom. The Bertz CT molecular complexity index is 1070. The zero-order chi connectivity index (χ0) is 22.9. The van der Waals surface area contributed by atoms with Crippen LogP contribution in [0.5, 0.6) is 17.2 Å². The van der Waals surface area contributed by atoms with Crippen LogP contribution in [0.15, 0.2) is 66.7 Å².